The Morgan fingerprint density at radius 3 is 2.17 bits per heavy atom. The van der Waals surface area contributed by atoms with E-state index in [1.54, 1.807) is 24.3 Å². The van der Waals surface area contributed by atoms with Gasteiger partial charge in [0, 0.05) is 18.6 Å². The molecule has 0 radical (unpaired) electrons. The highest BCUT2D eigenvalue weighted by Gasteiger charge is 2.26. The molecular weight excluding hydrogens is 508 g/mol. The Morgan fingerprint density at radius 1 is 1.05 bits per heavy atom. The number of nitrogens with one attached hydrogen (secondary N) is 1. The van der Waals surface area contributed by atoms with E-state index < -0.39 is 4.92 Å². The average molecular weight is 543 g/mol. The Morgan fingerprint density at radius 2 is 1.65 bits per heavy atom. The fraction of sp³-hybridized carbons (Fsp3) is 0.323. The lowest BCUT2D eigenvalue weighted by atomic mass is 9.78. The van der Waals surface area contributed by atoms with Crippen LogP contribution in [0.5, 0.6) is 17.2 Å². The van der Waals surface area contributed by atoms with Crippen molar-refractivity contribution in [2.24, 2.45) is 5.10 Å². The molecule has 1 amide bonds. The third-order valence-electron chi connectivity index (χ3n) is 6.23. The first-order valence-electron chi connectivity index (χ1n) is 12.8. The van der Waals surface area contributed by atoms with Crippen molar-refractivity contribution in [1.29, 1.82) is 5.26 Å². The molecule has 0 aliphatic rings. The van der Waals surface area contributed by atoms with Gasteiger partial charge in [0.1, 0.15) is 28.9 Å². The van der Waals surface area contributed by atoms with E-state index in [9.17, 15) is 25.3 Å². The van der Waals surface area contributed by atoms with Gasteiger partial charge >= 0.3 is 0 Å². The molecule has 0 aliphatic carbocycles. The topological polar surface area (TPSA) is 138 Å². The maximum Gasteiger partial charge on any atom is 0.271 e. The normalized spacial score (nSPS) is 11.7. The number of nitriles is 1. The van der Waals surface area contributed by atoms with Gasteiger partial charge in [0.25, 0.3) is 5.69 Å². The van der Waals surface area contributed by atoms with Crippen LogP contribution in [-0.2, 0) is 22.0 Å². The van der Waals surface area contributed by atoms with Crippen LogP contribution in [0.15, 0.2) is 59.7 Å². The summed E-state index contributed by atoms with van der Waals surface area (Å²) >= 11 is 0. The number of hydrogen-bond acceptors (Lipinski definition) is 7. The monoisotopic (exact) mass is 542 g/mol. The fourth-order valence-corrected chi connectivity index (χ4v) is 4.03. The quantitative estimate of drug-likeness (QED) is 0.186. The minimum Gasteiger partial charge on any atom is -0.507 e. The van der Waals surface area contributed by atoms with Crippen molar-refractivity contribution < 1.29 is 19.6 Å². The molecule has 0 saturated heterocycles. The zero-order chi connectivity index (χ0) is 29.7. The van der Waals surface area contributed by atoms with Crippen LogP contribution in [-0.4, -0.2) is 22.2 Å². The van der Waals surface area contributed by atoms with Crippen LogP contribution in [0, 0.1) is 21.4 Å². The van der Waals surface area contributed by atoms with Crippen LogP contribution >= 0.6 is 0 Å². The second kappa shape index (κ2) is 12.0. The maximum atomic E-state index is 12.5. The van der Waals surface area contributed by atoms with Gasteiger partial charge in [0.05, 0.1) is 11.1 Å². The zero-order valence-corrected chi connectivity index (χ0v) is 23.6. The lowest BCUT2D eigenvalue weighted by molar-refractivity contribution is -0.384. The predicted molar refractivity (Wildman–Crippen MR) is 154 cm³/mol. The van der Waals surface area contributed by atoms with Crippen molar-refractivity contribution in [3.8, 4) is 23.3 Å². The summed E-state index contributed by atoms with van der Waals surface area (Å²) in [6, 6.07) is 16.4. The predicted octanol–water partition coefficient (Wildman–Crippen LogP) is 6.64. The third-order valence-corrected chi connectivity index (χ3v) is 6.23. The van der Waals surface area contributed by atoms with Gasteiger partial charge in [0.15, 0.2) is 0 Å². The van der Waals surface area contributed by atoms with E-state index in [1.165, 1.54) is 18.3 Å². The molecule has 3 rings (SSSR count). The Hall–Kier alpha value is -4.71. The smallest absolute Gasteiger partial charge is 0.271 e. The average Bonchev–Trinajstić information content (AvgIpc) is 2.87. The van der Waals surface area contributed by atoms with Gasteiger partial charge in [0.2, 0.25) is 5.91 Å². The standard InChI is InChI=1S/C31H34N4O5/c1-30(2,3)25-15-21(16-26(29(25)37)31(4,5)6)9-14-28(36)34-33-19-20-7-11-24(12-8-20)40-27-13-10-23(35(38)39)17-22(27)18-32/h7-8,10-13,15-17,19,37H,9,14H2,1-6H3,(H,34,36)/b33-19-. The molecule has 3 aromatic rings. The van der Waals surface area contributed by atoms with Crippen molar-refractivity contribution >= 4 is 17.8 Å². The summed E-state index contributed by atoms with van der Waals surface area (Å²) in [5.41, 5.74) is 5.33. The van der Waals surface area contributed by atoms with Crippen molar-refractivity contribution in [3.63, 3.8) is 0 Å². The lowest BCUT2D eigenvalue weighted by Crippen LogP contribution is -2.20. The van der Waals surface area contributed by atoms with Crippen LogP contribution in [0.4, 0.5) is 5.69 Å². The van der Waals surface area contributed by atoms with Gasteiger partial charge in [-0.25, -0.2) is 5.43 Å². The Balaban J connectivity index is 1.60. The zero-order valence-electron chi connectivity index (χ0n) is 23.6. The molecule has 40 heavy (non-hydrogen) atoms. The first-order chi connectivity index (χ1) is 18.7. The van der Waals surface area contributed by atoms with E-state index in [1.807, 2.05) is 18.2 Å². The number of nitrogens with zero attached hydrogens (tertiary/aromatic N) is 3. The van der Waals surface area contributed by atoms with Gasteiger partial charge in [-0.05, 0) is 69.8 Å². The van der Waals surface area contributed by atoms with Crippen molar-refractivity contribution in [1.82, 2.24) is 5.43 Å². The van der Waals surface area contributed by atoms with E-state index in [0.717, 1.165) is 22.8 Å². The molecule has 0 spiro atoms. The first kappa shape index (κ1) is 29.8. The van der Waals surface area contributed by atoms with Crippen molar-refractivity contribution in [2.45, 2.75) is 65.2 Å². The molecule has 0 atom stereocenters. The molecule has 0 aromatic heterocycles. The van der Waals surface area contributed by atoms with E-state index in [-0.39, 0.29) is 40.2 Å². The van der Waals surface area contributed by atoms with Gasteiger partial charge in [-0.1, -0.05) is 53.7 Å². The summed E-state index contributed by atoms with van der Waals surface area (Å²) in [6.45, 7) is 12.3. The number of aromatic hydroxyl groups is 1. The number of benzene rings is 3. The van der Waals surface area contributed by atoms with Gasteiger partial charge in [-0.15, -0.1) is 0 Å². The molecule has 0 saturated carbocycles. The number of carbonyl (C=O) groups is 1. The summed E-state index contributed by atoms with van der Waals surface area (Å²) in [7, 11) is 0. The number of hydrogen-bond donors (Lipinski definition) is 2. The number of nitro benzene ring substituents is 1. The van der Waals surface area contributed by atoms with Gasteiger partial charge in [-0.2, -0.15) is 10.4 Å². The number of hydrazone groups is 1. The van der Waals surface area contributed by atoms with Crippen molar-refractivity contribution in [3.05, 3.63) is 92.5 Å². The van der Waals surface area contributed by atoms with E-state index in [2.05, 4.69) is 52.1 Å². The van der Waals surface area contributed by atoms with Crippen LogP contribution in [0.25, 0.3) is 0 Å². The van der Waals surface area contributed by atoms with E-state index >= 15 is 0 Å². The first-order valence-corrected chi connectivity index (χ1v) is 12.8. The highest BCUT2D eigenvalue weighted by Crippen LogP contribution is 2.40. The number of phenols is 1. The number of ether oxygens (including phenoxy) is 1. The maximum absolute atomic E-state index is 12.5. The summed E-state index contributed by atoms with van der Waals surface area (Å²) in [5, 5.41) is 35.1. The molecule has 0 heterocycles. The highest BCUT2D eigenvalue weighted by atomic mass is 16.6. The SMILES string of the molecule is CC(C)(C)c1cc(CCC(=O)N/N=C\c2ccc(Oc3ccc([N+](=O)[O-])cc3C#N)cc2)cc(C(C)(C)C)c1O. The Labute approximate surface area is 234 Å². The Kier molecular flexibility index (Phi) is 8.95. The molecule has 9 nitrogen and oxygen atoms in total. The number of non-ortho nitro benzene ring substituents is 1. The van der Waals surface area contributed by atoms with Gasteiger partial charge < -0.3 is 9.84 Å². The Bertz CT molecular complexity index is 1440. The summed E-state index contributed by atoms with van der Waals surface area (Å²) < 4.78 is 5.70. The van der Waals surface area contributed by atoms with Crippen LogP contribution in [0.1, 0.15) is 75.8 Å². The molecule has 0 fully saturated rings. The number of phenolic OH excluding ortho intramolecular Hbond substituents is 1. The van der Waals surface area contributed by atoms with E-state index in [0.29, 0.717) is 23.5 Å². The summed E-state index contributed by atoms with van der Waals surface area (Å²) in [5.74, 6) is 0.720. The number of nitro groups is 1. The number of amides is 1. The summed E-state index contributed by atoms with van der Waals surface area (Å²) in [6.07, 6.45) is 2.25. The molecule has 0 aliphatic heterocycles. The van der Waals surface area contributed by atoms with Crippen molar-refractivity contribution in [2.75, 3.05) is 0 Å². The van der Waals surface area contributed by atoms with Gasteiger partial charge in [-0.3, -0.25) is 14.9 Å². The fourth-order valence-electron chi connectivity index (χ4n) is 4.03. The van der Waals surface area contributed by atoms with Crippen LogP contribution in [0.2, 0.25) is 0 Å². The second-order valence-electron chi connectivity index (χ2n) is 11.6. The minimum absolute atomic E-state index is 0.0547. The van der Waals surface area contributed by atoms with Crippen LogP contribution in [0.3, 0.4) is 0 Å². The number of rotatable bonds is 8. The number of aryl methyl sites for hydroxylation is 1. The minimum atomic E-state index is -0.573. The molecule has 3 aromatic carbocycles. The molecule has 208 valence electrons. The molecular formula is C31H34N4O5. The van der Waals surface area contributed by atoms with E-state index in [4.69, 9.17) is 4.74 Å². The van der Waals surface area contributed by atoms with Crippen LogP contribution < -0.4 is 10.2 Å². The molecule has 0 unspecified atom stereocenters. The summed E-state index contributed by atoms with van der Waals surface area (Å²) in [4.78, 5) is 22.8. The largest absolute Gasteiger partial charge is 0.507 e. The third kappa shape index (κ3) is 7.67. The number of carbonyl (C=O) groups excluding carboxylic acids is 1. The highest BCUT2D eigenvalue weighted by molar-refractivity contribution is 5.82. The molecule has 2 N–H and O–H groups in total. The molecule has 9 heteroatoms. The molecule has 0 bridgehead atoms. The second-order valence-corrected chi connectivity index (χ2v) is 11.6. The lowest BCUT2D eigenvalue weighted by Gasteiger charge is -2.28.